The van der Waals surface area contributed by atoms with Crippen LogP contribution in [0.4, 0.5) is 10.3 Å². The molecule has 8 heteroatoms. The molecule has 108 valence electrons. The third-order valence-corrected chi connectivity index (χ3v) is 3.02. The van der Waals surface area contributed by atoms with Gasteiger partial charge in [0.05, 0.1) is 19.9 Å². The first kappa shape index (κ1) is 13.1. The second-order valence-electron chi connectivity index (χ2n) is 4.18. The molecule has 0 saturated carbocycles. The Morgan fingerprint density at radius 1 is 1.19 bits per heavy atom. The largest absolute Gasteiger partial charge is 0.497 e. The molecule has 0 atom stereocenters. The molecule has 3 aromatic rings. The van der Waals surface area contributed by atoms with E-state index < -0.39 is 5.82 Å². The van der Waals surface area contributed by atoms with Crippen LogP contribution in [0.3, 0.4) is 0 Å². The first-order valence-corrected chi connectivity index (χ1v) is 6.02. The second kappa shape index (κ2) is 4.89. The molecule has 0 fully saturated rings. The number of fused-ring (bicyclic) bond motifs is 1. The van der Waals surface area contributed by atoms with Gasteiger partial charge in [0.2, 0.25) is 11.8 Å². The molecule has 0 saturated heterocycles. The Morgan fingerprint density at radius 3 is 2.71 bits per heavy atom. The lowest BCUT2D eigenvalue weighted by atomic mass is 10.3. The van der Waals surface area contributed by atoms with Crippen molar-refractivity contribution in [1.82, 2.24) is 19.5 Å². The van der Waals surface area contributed by atoms with Gasteiger partial charge in [-0.3, -0.25) is 4.57 Å². The van der Waals surface area contributed by atoms with Crippen LogP contribution in [-0.2, 0) is 0 Å². The Balaban J connectivity index is 2.33. The van der Waals surface area contributed by atoms with Crippen molar-refractivity contribution in [3.8, 4) is 17.3 Å². The zero-order chi connectivity index (χ0) is 15.0. The van der Waals surface area contributed by atoms with Crippen molar-refractivity contribution < 1.29 is 13.9 Å². The van der Waals surface area contributed by atoms with Gasteiger partial charge in [0.25, 0.3) is 0 Å². The summed E-state index contributed by atoms with van der Waals surface area (Å²) in [6.07, 6.45) is 1.30. The van der Waals surface area contributed by atoms with E-state index in [1.54, 1.807) is 0 Å². The minimum Gasteiger partial charge on any atom is -0.497 e. The summed E-state index contributed by atoms with van der Waals surface area (Å²) in [5, 5.41) is 0. The molecule has 0 aliphatic rings. The molecular formula is C13H12FN5O2. The summed E-state index contributed by atoms with van der Waals surface area (Å²) in [4.78, 5) is 12.2. The van der Waals surface area contributed by atoms with Gasteiger partial charge < -0.3 is 15.2 Å². The maximum absolute atomic E-state index is 14.1. The number of anilines is 1. The number of nitrogens with two attached hydrogens (primary N) is 1. The number of nitrogens with zero attached hydrogens (tertiary/aromatic N) is 4. The lowest BCUT2D eigenvalue weighted by molar-refractivity contribution is 0.401. The van der Waals surface area contributed by atoms with Crippen LogP contribution in [0, 0.1) is 5.82 Å². The molecule has 2 aromatic heterocycles. The molecule has 0 aliphatic carbocycles. The highest BCUT2D eigenvalue weighted by atomic mass is 19.1. The zero-order valence-electron chi connectivity index (χ0n) is 11.4. The van der Waals surface area contributed by atoms with Crippen molar-refractivity contribution in [2.24, 2.45) is 0 Å². The van der Waals surface area contributed by atoms with Crippen molar-refractivity contribution in [1.29, 1.82) is 0 Å². The monoisotopic (exact) mass is 289 g/mol. The van der Waals surface area contributed by atoms with Gasteiger partial charge in [-0.25, -0.2) is 14.4 Å². The molecule has 3 rings (SSSR count). The fraction of sp³-hybridized carbons (Fsp3) is 0.154. The minimum absolute atomic E-state index is 0.0796. The number of hydrogen-bond acceptors (Lipinski definition) is 6. The number of ether oxygens (including phenoxy) is 2. The molecule has 2 heterocycles. The van der Waals surface area contributed by atoms with Crippen LogP contribution in [-0.4, -0.2) is 33.7 Å². The summed E-state index contributed by atoms with van der Waals surface area (Å²) in [6, 6.07) is 4.32. The Hall–Kier alpha value is -2.90. The standard InChI is InChI=1S/C13H12FN5O2/c1-20-7-3-4-8(14)9(5-7)19-11-10(18-13(19)15)12(21-2)17-6-16-11/h3-6H,1-2H3,(H2,15,18). The molecule has 0 radical (unpaired) electrons. The van der Waals surface area contributed by atoms with Gasteiger partial charge in [0, 0.05) is 6.07 Å². The second-order valence-corrected chi connectivity index (χ2v) is 4.18. The lowest BCUT2D eigenvalue weighted by Crippen LogP contribution is -2.04. The minimum atomic E-state index is -0.473. The molecule has 21 heavy (non-hydrogen) atoms. The topological polar surface area (TPSA) is 88.1 Å². The first-order chi connectivity index (χ1) is 10.2. The van der Waals surface area contributed by atoms with Crippen molar-refractivity contribution in [2.45, 2.75) is 0 Å². The smallest absolute Gasteiger partial charge is 0.245 e. The highest BCUT2D eigenvalue weighted by molar-refractivity contribution is 5.81. The third kappa shape index (κ3) is 2.00. The van der Waals surface area contributed by atoms with Crippen LogP contribution in [0.2, 0.25) is 0 Å². The van der Waals surface area contributed by atoms with Crippen LogP contribution in [0.5, 0.6) is 11.6 Å². The number of hydrogen-bond donors (Lipinski definition) is 1. The summed E-state index contributed by atoms with van der Waals surface area (Å²) in [6.45, 7) is 0. The molecule has 0 unspecified atom stereocenters. The van der Waals surface area contributed by atoms with Crippen molar-refractivity contribution >= 4 is 17.1 Å². The van der Waals surface area contributed by atoms with Gasteiger partial charge in [-0.1, -0.05) is 0 Å². The average molecular weight is 289 g/mol. The number of halogens is 1. The van der Waals surface area contributed by atoms with Gasteiger partial charge in [-0.2, -0.15) is 4.98 Å². The van der Waals surface area contributed by atoms with E-state index in [0.717, 1.165) is 0 Å². The van der Waals surface area contributed by atoms with Crippen molar-refractivity contribution in [2.75, 3.05) is 20.0 Å². The summed E-state index contributed by atoms with van der Waals surface area (Å²) in [7, 11) is 2.96. The van der Waals surface area contributed by atoms with Crippen LogP contribution < -0.4 is 15.2 Å². The van der Waals surface area contributed by atoms with Gasteiger partial charge in [0.1, 0.15) is 17.9 Å². The first-order valence-electron chi connectivity index (χ1n) is 6.02. The Labute approximate surface area is 119 Å². The Kier molecular flexibility index (Phi) is 3.05. The summed E-state index contributed by atoms with van der Waals surface area (Å²) in [5.74, 6) is 0.373. The van der Waals surface area contributed by atoms with E-state index in [4.69, 9.17) is 15.2 Å². The van der Waals surface area contributed by atoms with Gasteiger partial charge in [-0.15, -0.1) is 0 Å². The van der Waals surface area contributed by atoms with E-state index in [9.17, 15) is 4.39 Å². The quantitative estimate of drug-likeness (QED) is 0.787. The van der Waals surface area contributed by atoms with Crippen LogP contribution in [0.1, 0.15) is 0 Å². The molecular weight excluding hydrogens is 277 g/mol. The van der Waals surface area contributed by atoms with Crippen LogP contribution in [0.15, 0.2) is 24.5 Å². The third-order valence-electron chi connectivity index (χ3n) is 3.02. The normalized spacial score (nSPS) is 10.8. The lowest BCUT2D eigenvalue weighted by Gasteiger charge is -2.09. The molecule has 1 aromatic carbocycles. The molecule has 7 nitrogen and oxygen atoms in total. The van der Waals surface area contributed by atoms with E-state index in [1.807, 2.05) is 0 Å². The van der Waals surface area contributed by atoms with Crippen LogP contribution in [0.25, 0.3) is 16.9 Å². The molecule has 0 bridgehead atoms. The number of methoxy groups -OCH3 is 2. The average Bonchev–Trinajstić information content (AvgIpc) is 2.83. The molecule has 2 N–H and O–H groups in total. The number of benzene rings is 1. The van der Waals surface area contributed by atoms with E-state index in [-0.39, 0.29) is 17.5 Å². The van der Waals surface area contributed by atoms with Crippen LogP contribution >= 0.6 is 0 Å². The predicted octanol–water partition coefficient (Wildman–Crippen LogP) is 1.55. The fourth-order valence-electron chi connectivity index (χ4n) is 2.07. The molecule has 0 spiro atoms. The zero-order valence-corrected chi connectivity index (χ0v) is 11.4. The summed E-state index contributed by atoms with van der Waals surface area (Å²) >= 11 is 0. The highest BCUT2D eigenvalue weighted by Gasteiger charge is 2.18. The Morgan fingerprint density at radius 2 is 2.00 bits per heavy atom. The van der Waals surface area contributed by atoms with E-state index >= 15 is 0 Å². The predicted molar refractivity (Wildman–Crippen MR) is 74.1 cm³/mol. The Bertz CT molecular complexity index is 818. The number of nitrogen functional groups attached to an aromatic ring is 1. The van der Waals surface area contributed by atoms with Gasteiger partial charge in [0.15, 0.2) is 11.2 Å². The van der Waals surface area contributed by atoms with Crippen molar-refractivity contribution in [3.05, 3.63) is 30.3 Å². The van der Waals surface area contributed by atoms with E-state index in [1.165, 1.54) is 43.3 Å². The highest BCUT2D eigenvalue weighted by Crippen LogP contribution is 2.29. The number of imidazole rings is 1. The maximum Gasteiger partial charge on any atom is 0.245 e. The summed E-state index contributed by atoms with van der Waals surface area (Å²) < 4.78 is 25.7. The number of aromatic nitrogens is 4. The SMILES string of the molecule is COc1ccc(F)c(-n2c(N)nc3c(OC)ncnc32)c1. The molecule has 0 aliphatic heterocycles. The molecule has 0 amide bonds. The number of rotatable bonds is 3. The van der Waals surface area contributed by atoms with E-state index in [0.29, 0.717) is 16.9 Å². The maximum atomic E-state index is 14.1. The van der Waals surface area contributed by atoms with Gasteiger partial charge in [-0.05, 0) is 12.1 Å². The summed E-state index contributed by atoms with van der Waals surface area (Å²) in [5.41, 5.74) is 6.79. The van der Waals surface area contributed by atoms with Crippen molar-refractivity contribution in [3.63, 3.8) is 0 Å². The van der Waals surface area contributed by atoms with E-state index in [2.05, 4.69) is 15.0 Å². The van der Waals surface area contributed by atoms with Gasteiger partial charge >= 0.3 is 0 Å². The fourth-order valence-corrected chi connectivity index (χ4v) is 2.07.